The minimum Gasteiger partial charge on any atom is -0.508 e. The van der Waals surface area contributed by atoms with Gasteiger partial charge in [0.05, 0.1) is 12.0 Å². The maximum Gasteiger partial charge on any atom is 0.220 e. The molecule has 6 heteroatoms. The van der Waals surface area contributed by atoms with E-state index in [9.17, 15) is 24.9 Å². The van der Waals surface area contributed by atoms with Crippen LogP contribution in [0.3, 0.4) is 0 Å². The number of aromatic hydroxyl groups is 1. The second-order valence-electron chi connectivity index (χ2n) is 9.34. The highest BCUT2D eigenvalue weighted by Crippen LogP contribution is 2.43. The zero-order valence-electron chi connectivity index (χ0n) is 20.1. The van der Waals surface area contributed by atoms with E-state index in [1.165, 1.54) is 13.0 Å². The Hall–Kier alpha value is -2.44. The van der Waals surface area contributed by atoms with Gasteiger partial charge in [-0.05, 0) is 63.8 Å². The van der Waals surface area contributed by atoms with Gasteiger partial charge in [0.15, 0.2) is 5.78 Å². The van der Waals surface area contributed by atoms with Crippen molar-refractivity contribution in [3.63, 3.8) is 0 Å². The largest absolute Gasteiger partial charge is 0.508 e. The predicted molar refractivity (Wildman–Crippen MR) is 123 cm³/mol. The van der Waals surface area contributed by atoms with Gasteiger partial charge in [-0.1, -0.05) is 31.6 Å². The van der Waals surface area contributed by atoms with Crippen molar-refractivity contribution >= 4 is 11.6 Å². The van der Waals surface area contributed by atoms with Gasteiger partial charge in [-0.3, -0.25) is 9.59 Å². The monoisotopic (exact) mass is 444 g/mol. The first-order chi connectivity index (χ1) is 14.8. The number of ketones is 2. The van der Waals surface area contributed by atoms with E-state index in [-0.39, 0.29) is 29.7 Å². The molecule has 0 fully saturated rings. The zero-order chi connectivity index (χ0) is 24.4. The zero-order valence-corrected chi connectivity index (χ0v) is 20.1. The molecule has 5 atom stereocenters. The SMILES string of the molecule is CC(=O)Cc1cc(O)cc2c1C[C@@H](C)[C@](O)([C@@H](C)C(=O)C(C)=C/C(C)=C/[C@@H](C)[C@@H](C)O)O2. The summed E-state index contributed by atoms with van der Waals surface area (Å²) in [7, 11) is 0. The number of ether oxygens (including phenoxy) is 1. The van der Waals surface area contributed by atoms with Crippen LogP contribution < -0.4 is 4.74 Å². The summed E-state index contributed by atoms with van der Waals surface area (Å²) in [6.45, 7) is 12.1. The highest BCUT2D eigenvalue weighted by molar-refractivity contribution is 5.97. The van der Waals surface area contributed by atoms with Gasteiger partial charge in [0.2, 0.25) is 5.79 Å². The number of aliphatic hydroxyl groups is 2. The van der Waals surface area contributed by atoms with Crippen molar-refractivity contribution in [3.8, 4) is 11.5 Å². The number of benzene rings is 1. The number of carbonyl (C=O) groups is 2. The standard InChI is InChI=1S/C26H36O6/c1-14(8-15(2)20(7)28)9-16(3)25(30)19(6)26(31)17(4)10-23-21(11-18(5)27)12-22(29)13-24(23)32-26/h8-9,12-13,15,17,19-20,28-29,31H,10-11H2,1-7H3/b14-8+,16-9?/t15-,17-,19+,20-,26-/m1/s1. The fourth-order valence-corrected chi connectivity index (χ4v) is 4.22. The number of fused-ring (bicyclic) bond motifs is 1. The van der Waals surface area contributed by atoms with Gasteiger partial charge in [0.1, 0.15) is 17.3 Å². The fourth-order valence-electron chi connectivity index (χ4n) is 4.22. The van der Waals surface area contributed by atoms with Crippen molar-refractivity contribution in [1.29, 1.82) is 0 Å². The van der Waals surface area contributed by atoms with E-state index in [0.717, 1.165) is 11.1 Å². The molecular weight excluding hydrogens is 408 g/mol. The minimum atomic E-state index is -1.76. The molecule has 1 aromatic rings. The normalized spacial score (nSPS) is 24.2. The van der Waals surface area contributed by atoms with Gasteiger partial charge >= 0.3 is 0 Å². The molecule has 0 bridgehead atoms. The number of phenols is 1. The van der Waals surface area contributed by atoms with E-state index in [4.69, 9.17) is 4.74 Å². The summed E-state index contributed by atoms with van der Waals surface area (Å²) in [6.07, 6.45) is 3.74. The number of carbonyl (C=O) groups excluding carboxylic acids is 2. The molecule has 0 unspecified atom stereocenters. The van der Waals surface area contributed by atoms with Crippen molar-refractivity contribution < 1.29 is 29.6 Å². The molecule has 1 aromatic carbocycles. The molecule has 2 rings (SSSR count). The van der Waals surface area contributed by atoms with Gasteiger partial charge in [-0.25, -0.2) is 0 Å². The highest BCUT2D eigenvalue weighted by atomic mass is 16.6. The summed E-state index contributed by atoms with van der Waals surface area (Å²) in [5.74, 6) is -3.12. The lowest BCUT2D eigenvalue weighted by Gasteiger charge is -2.43. The van der Waals surface area contributed by atoms with E-state index in [1.807, 2.05) is 26.8 Å². The highest BCUT2D eigenvalue weighted by Gasteiger charge is 2.48. The second kappa shape index (κ2) is 10.0. The van der Waals surface area contributed by atoms with E-state index in [1.54, 1.807) is 32.9 Å². The molecule has 0 aromatic heterocycles. The number of hydrogen-bond acceptors (Lipinski definition) is 6. The fraction of sp³-hybridized carbons (Fsp3) is 0.538. The number of phenolic OH excluding ortho intramolecular Hbond substituents is 1. The Balaban J connectivity index is 2.33. The van der Waals surface area contributed by atoms with Crippen LogP contribution in [0.25, 0.3) is 0 Å². The number of rotatable bonds is 8. The number of aliphatic hydroxyl groups excluding tert-OH is 1. The number of allylic oxidation sites excluding steroid dienone is 3. The topological polar surface area (TPSA) is 104 Å². The van der Waals surface area contributed by atoms with Crippen molar-refractivity contribution in [1.82, 2.24) is 0 Å². The van der Waals surface area contributed by atoms with Gasteiger partial charge < -0.3 is 20.1 Å². The van der Waals surface area contributed by atoms with E-state index in [2.05, 4.69) is 0 Å². The van der Waals surface area contributed by atoms with Crippen LogP contribution >= 0.6 is 0 Å². The Kier molecular flexibility index (Phi) is 8.07. The molecule has 0 saturated heterocycles. The lowest BCUT2D eigenvalue weighted by Crippen LogP contribution is -2.54. The summed E-state index contributed by atoms with van der Waals surface area (Å²) >= 11 is 0. The Morgan fingerprint density at radius 1 is 1.22 bits per heavy atom. The predicted octanol–water partition coefficient (Wildman–Crippen LogP) is 3.90. The minimum absolute atomic E-state index is 0.0380. The molecule has 0 amide bonds. The van der Waals surface area contributed by atoms with Crippen molar-refractivity contribution in [2.24, 2.45) is 17.8 Å². The third kappa shape index (κ3) is 5.67. The molecule has 1 aliphatic rings. The van der Waals surface area contributed by atoms with E-state index >= 15 is 0 Å². The van der Waals surface area contributed by atoms with Gasteiger partial charge in [0.25, 0.3) is 0 Å². The van der Waals surface area contributed by atoms with Crippen LogP contribution in [0.1, 0.15) is 59.6 Å². The summed E-state index contributed by atoms with van der Waals surface area (Å²) in [6, 6.07) is 2.96. The van der Waals surface area contributed by atoms with Crippen LogP contribution in [0.15, 0.2) is 35.4 Å². The van der Waals surface area contributed by atoms with Crippen LogP contribution in [-0.2, 0) is 22.4 Å². The van der Waals surface area contributed by atoms with Crippen LogP contribution in [-0.4, -0.2) is 38.8 Å². The molecule has 32 heavy (non-hydrogen) atoms. The van der Waals surface area contributed by atoms with Gasteiger partial charge in [-0.15, -0.1) is 0 Å². The second-order valence-corrected chi connectivity index (χ2v) is 9.34. The third-order valence-corrected chi connectivity index (χ3v) is 6.35. The summed E-state index contributed by atoms with van der Waals surface area (Å²) < 4.78 is 5.96. The molecule has 6 nitrogen and oxygen atoms in total. The number of Topliss-reactive ketones (excluding diaryl/α,β-unsaturated/α-hetero) is 2. The lowest BCUT2D eigenvalue weighted by atomic mass is 9.78. The molecule has 0 radical (unpaired) electrons. The lowest BCUT2D eigenvalue weighted by molar-refractivity contribution is -0.213. The third-order valence-electron chi connectivity index (χ3n) is 6.35. The molecule has 3 N–H and O–H groups in total. The average Bonchev–Trinajstić information content (AvgIpc) is 2.67. The van der Waals surface area contributed by atoms with Crippen molar-refractivity contribution in [2.75, 3.05) is 0 Å². The Morgan fingerprint density at radius 2 is 1.84 bits per heavy atom. The van der Waals surface area contributed by atoms with Crippen LogP contribution in [0.5, 0.6) is 11.5 Å². The number of hydrogen-bond donors (Lipinski definition) is 3. The van der Waals surface area contributed by atoms with E-state index in [0.29, 0.717) is 23.3 Å². The summed E-state index contributed by atoms with van der Waals surface area (Å²) in [4.78, 5) is 24.8. The first kappa shape index (κ1) is 25.8. The Bertz CT molecular complexity index is 942. The molecule has 1 heterocycles. The maximum absolute atomic E-state index is 13.2. The summed E-state index contributed by atoms with van der Waals surface area (Å²) in [5.41, 5.74) is 2.77. The molecular formula is C26H36O6. The summed E-state index contributed by atoms with van der Waals surface area (Å²) in [5, 5.41) is 31.2. The molecule has 0 saturated carbocycles. The first-order valence-corrected chi connectivity index (χ1v) is 11.1. The Morgan fingerprint density at radius 3 is 2.41 bits per heavy atom. The smallest absolute Gasteiger partial charge is 0.220 e. The molecule has 176 valence electrons. The Labute approximate surface area is 190 Å². The van der Waals surface area contributed by atoms with Crippen LogP contribution in [0, 0.1) is 17.8 Å². The van der Waals surface area contributed by atoms with Crippen molar-refractivity contribution in [2.45, 2.75) is 73.2 Å². The maximum atomic E-state index is 13.2. The van der Waals surface area contributed by atoms with E-state index < -0.39 is 23.7 Å². The first-order valence-electron chi connectivity index (χ1n) is 11.1. The van der Waals surface area contributed by atoms with Gasteiger partial charge in [-0.2, -0.15) is 0 Å². The average molecular weight is 445 g/mol. The molecule has 0 spiro atoms. The van der Waals surface area contributed by atoms with Gasteiger partial charge in [0, 0.05) is 24.3 Å². The molecule has 1 aliphatic heterocycles. The van der Waals surface area contributed by atoms with Crippen LogP contribution in [0.2, 0.25) is 0 Å². The molecule has 0 aliphatic carbocycles. The van der Waals surface area contributed by atoms with Crippen molar-refractivity contribution in [3.05, 3.63) is 46.6 Å². The van der Waals surface area contributed by atoms with Crippen LogP contribution in [0.4, 0.5) is 0 Å². The quantitative estimate of drug-likeness (QED) is 0.415.